The molecule has 0 aromatic heterocycles. The monoisotopic (exact) mass is 506 g/mol. The molecule has 0 bridgehead atoms. The third-order valence-electron chi connectivity index (χ3n) is 5.57. The van der Waals surface area contributed by atoms with Crippen molar-refractivity contribution in [2.75, 3.05) is 6.61 Å². The number of carbonyl (C=O) groups is 2. The first kappa shape index (κ1) is 27.3. The molecule has 0 aliphatic rings. The summed E-state index contributed by atoms with van der Waals surface area (Å²) in [5.74, 6) is 0.134. The van der Waals surface area contributed by atoms with Gasteiger partial charge in [0.1, 0.15) is 11.8 Å². The van der Waals surface area contributed by atoms with E-state index in [0.29, 0.717) is 17.2 Å². The molecule has 36 heavy (non-hydrogen) atoms. The molecule has 0 radical (unpaired) electrons. The fourth-order valence-electron chi connectivity index (χ4n) is 4.08. The molecule has 2 amide bonds. The zero-order valence-electron chi connectivity index (χ0n) is 21.7. The van der Waals surface area contributed by atoms with Crippen LogP contribution < -0.4 is 10.1 Å². The third kappa shape index (κ3) is 8.42. The molecule has 1 atom stereocenters. The number of halogens is 1. The SMILES string of the molecule is Cc1cc(C)cc(OCC(=O)N(Cc2cccc(Cl)c2)[C@H](Cc2ccccc2)C(=O)NC(C)(C)C)c1. The van der Waals surface area contributed by atoms with Crippen LogP contribution in [0.15, 0.2) is 72.8 Å². The Hall–Kier alpha value is -3.31. The highest BCUT2D eigenvalue weighted by molar-refractivity contribution is 6.30. The van der Waals surface area contributed by atoms with E-state index < -0.39 is 11.6 Å². The maximum Gasteiger partial charge on any atom is 0.261 e. The Kier molecular flexibility index (Phi) is 9.16. The van der Waals surface area contributed by atoms with Gasteiger partial charge in [-0.15, -0.1) is 0 Å². The van der Waals surface area contributed by atoms with Gasteiger partial charge in [0.25, 0.3) is 5.91 Å². The van der Waals surface area contributed by atoms with Crippen molar-refractivity contribution in [3.05, 3.63) is 100 Å². The molecule has 0 saturated heterocycles. The van der Waals surface area contributed by atoms with Crippen molar-refractivity contribution in [3.8, 4) is 5.75 Å². The van der Waals surface area contributed by atoms with E-state index >= 15 is 0 Å². The molecule has 0 saturated carbocycles. The van der Waals surface area contributed by atoms with Crippen LogP contribution in [0.1, 0.15) is 43.0 Å². The largest absolute Gasteiger partial charge is 0.484 e. The summed E-state index contributed by atoms with van der Waals surface area (Å²) >= 11 is 6.23. The summed E-state index contributed by atoms with van der Waals surface area (Å²) in [6.45, 7) is 9.80. The number of ether oxygens (including phenoxy) is 1. The van der Waals surface area contributed by atoms with Crippen LogP contribution in [0.4, 0.5) is 0 Å². The minimum atomic E-state index is -0.735. The number of aryl methyl sites for hydroxylation is 2. The summed E-state index contributed by atoms with van der Waals surface area (Å²) in [5, 5.41) is 3.64. The number of hydrogen-bond acceptors (Lipinski definition) is 3. The molecule has 0 aliphatic heterocycles. The fourth-order valence-corrected chi connectivity index (χ4v) is 4.30. The maximum absolute atomic E-state index is 13.7. The van der Waals surface area contributed by atoms with Crippen LogP contribution in [0.25, 0.3) is 0 Å². The van der Waals surface area contributed by atoms with Crippen LogP contribution in [-0.4, -0.2) is 34.9 Å². The molecule has 6 heteroatoms. The molecule has 3 aromatic carbocycles. The molecular formula is C30H35ClN2O3. The highest BCUT2D eigenvalue weighted by Crippen LogP contribution is 2.20. The highest BCUT2D eigenvalue weighted by atomic mass is 35.5. The second kappa shape index (κ2) is 12.1. The van der Waals surface area contributed by atoms with E-state index in [1.165, 1.54) is 0 Å². The summed E-state index contributed by atoms with van der Waals surface area (Å²) < 4.78 is 5.90. The maximum atomic E-state index is 13.7. The van der Waals surface area contributed by atoms with E-state index in [9.17, 15) is 9.59 Å². The van der Waals surface area contributed by atoms with Gasteiger partial charge >= 0.3 is 0 Å². The van der Waals surface area contributed by atoms with Gasteiger partial charge in [-0.3, -0.25) is 9.59 Å². The molecule has 0 aliphatic carbocycles. The molecule has 3 rings (SSSR count). The lowest BCUT2D eigenvalue weighted by Gasteiger charge is -2.33. The van der Waals surface area contributed by atoms with Crippen molar-refractivity contribution in [2.45, 2.75) is 59.2 Å². The number of carbonyl (C=O) groups excluding carboxylic acids is 2. The van der Waals surface area contributed by atoms with Gasteiger partial charge in [-0.25, -0.2) is 0 Å². The number of nitrogens with zero attached hydrogens (tertiary/aromatic N) is 1. The van der Waals surface area contributed by atoms with Crippen molar-refractivity contribution in [1.82, 2.24) is 10.2 Å². The third-order valence-corrected chi connectivity index (χ3v) is 5.80. The Morgan fingerprint density at radius 1 is 0.917 bits per heavy atom. The Balaban J connectivity index is 1.94. The molecule has 0 spiro atoms. The molecule has 0 fully saturated rings. The molecule has 0 unspecified atom stereocenters. The Bertz CT molecular complexity index is 1170. The molecule has 5 nitrogen and oxygen atoms in total. The van der Waals surface area contributed by atoms with Gasteiger partial charge in [0, 0.05) is 23.5 Å². The number of nitrogens with one attached hydrogen (secondary N) is 1. The summed E-state index contributed by atoms with van der Waals surface area (Å²) in [4.78, 5) is 28.8. The van der Waals surface area contributed by atoms with Crippen LogP contribution in [-0.2, 0) is 22.6 Å². The Labute approximate surface area is 219 Å². The first-order chi connectivity index (χ1) is 17.0. The predicted molar refractivity (Wildman–Crippen MR) is 145 cm³/mol. The van der Waals surface area contributed by atoms with Gasteiger partial charge in [0.2, 0.25) is 5.91 Å². The van der Waals surface area contributed by atoms with Gasteiger partial charge in [-0.2, -0.15) is 0 Å². The lowest BCUT2D eigenvalue weighted by Crippen LogP contribution is -2.55. The minimum Gasteiger partial charge on any atom is -0.484 e. The quantitative estimate of drug-likeness (QED) is 0.393. The number of hydrogen-bond donors (Lipinski definition) is 1. The Morgan fingerprint density at radius 2 is 1.56 bits per heavy atom. The van der Waals surface area contributed by atoms with Gasteiger partial charge in [-0.05, 0) is 81.1 Å². The normalized spacial score (nSPS) is 12.1. The van der Waals surface area contributed by atoms with Gasteiger partial charge in [-0.1, -0.05) is 60.1 Å². The van der Waals surface area contributed by atoms with E-state index in [1.54, 1.807) is 11.0 Å². The van der Waals surface area contributed by atoms with Gasteiger partial charge < -0.3 is 15.0 Å². The van der Waals surface area contributed by atoms with Gasteiger partial charge in [0.05, 0.1) is 0 Å². The topological polar surface area (TPSA) is 58.6 Å². The molecular weight excluding hydrogens is 472 g/mol. The number of benzene rings is 3. The fraction of sp³-hybridized carbons (Fsp3) is 0.333. The van der Waals surface area contributed by atoms with Crippen LogP contribution >= 0.6 is 11.6 Å². The predicted octanol–water partition coefficient (Wildman–Crippen LogP) is 5.89. The minimum absolute atomic E-state index is 0.183. The molecule has 1 N–H and O–H groups in total. The van der Waals surface area contributed by atoms with Crippen molar-refractivity contribution < 1.29 is 14.3 Å². The first-order valence-corrected chi connectivity index (χ1v) is 12.5. The number of rotatable bonds is 9. The van der Waals surface area contributed by atoms with E-state index in [0.717, 1.165) is 22.3 Å². The average molecular weight is 507 g/mol. The average Bonchev–Trinajstić information content (AvgIpc) is 2.79. The summed E-state index contributed by atoms with van der Waals surface area (Å²) in [5.41, 5.74) is 3.46. The van der Waals surface area contributed by atoms with Crippen molar-refractivity contribution in [2.24, 2.45) is 0 Å². The number of amides is 2. The van der Waals surface area contributed by atoms with Crippen molar-refractivity contribution in [1.29, 1.82) is 0 Å². The van der Waals surface area contributed by atoms with Crippen LogP contribution in [0.3, 0.4) is 0 Å². The van der Waals surface area contributed by atoms with Crippen LogP contribution in [0.5, 0.6) is 5.75 Å². The van der Waals surface area contributed by atoms with Gasteiger partial charge in [0.15, 0.2) is 6.61 Å². The smallest absolute Gasteiger partial charge is 0.261 e. The van der Waals surface area contributed by atoms with E-state index in [2.05, 4.69) is 5.32 Å². The van der Waals surface area contributed by atoms with Crippen LogP contribution in [0, 0.1) is 13.8 Å². The van der Waals surface area contributed by atoms with Crippen molar-refractivity contribution in [3.63, 3.8) is 0 Å². The second-order valence-corrected chi connectivity index (χ2v) is 10.6. The second-order valence-electron chi connectivity index (χ2n) is 10.2. The van der Waals surface area contributed by atoms with E-state index in [4.69, 9.17) is 16.3 Å². The van der Waals surface area contributed by atoms with E-state index in [-0.39, 0.29) is 25.0 Å². The summed E-state index contributed by atoms with van der Waals surface area (Å²) in [6.07, 6.45) is 0.374. The molecule has 3 aromatic rings. The molecule has 190 valence electrons. The zero-order chi connectivity index (χ0) is 26.3. The first-order valence-electron chi connectivity index (χ1n) is 12.1. The molecule has 0 heterocycles. The summed E-state index contributed by atoms with van der Waals surface area (Å²) in [6, 6.07) is 22.2. The lowest BCUT2D eigenvalue weighted by molar-refractivity contribution is -0.143. The highest BCUT2D eigenvalue weighted by Gasteiger charge is 2.32. The van der Waals surface area contributed by atoms with Crippen molar-refractivity contribution >= 4 is 23.4 Å². The van der Waals surface area contributed by atoms with E-state index in [1.807, 2.05) is 101 Å². The Morgan fingerprint density at radius 3 is 2.17 bits per heavy atom. The van der Waals surface area contributed by atoms with Crippen LogP contribution in [0.2, 0.25) is 5.02 Å². The summed E-state index contributed by atoms with van der Waals surface area (Å²) in [7, 11) is 0. The zero-order valence-corrected chi connectivity index (χ0v) is 22.4. The lowest BCUT2D eigenvalue weighted by atomic mass is 10.0. The standard InChI is InChI=1S/C30H35ClN2O3/c1-21-14-22(2)16-26(15-21)36-20-28(34)33(19-24-12-9-13-25(31)17-24)27(29(35)32-30(3,4)5)18-23-10-7-6-8-11-23/h6-17,27H,18-20H2,1-5H3,(H,32,35)/t27-/m1/s1.